The number of anilines is 1. The van der Waals surface area contributed by atoms with E-state index < -0.39 is 4.92 Å². The Morgan fingerprint density at radius 2 is 2.22 bits per heavy atom. The highest BCUT2D eigenvalue weighted by atomic mass is 16.6. The van der Waals surface area contributed by atoms with Crippen molar-refractivity contribution in [2.75, 3.05) is 18.9 Å². The van der Waals surface area contributed by atoms with Crippen LogP contribution in [0.5, 0.6) is 0 Å². The molecule has 0 aliphatic carbocycles. The first-order valence-electron chi connectivity index (χ1n) is 5.75. The molecule has 0 saturated carbocycles. The van der Waals surface area contributed by atoms with Crippen molar-refractivity contribution < 1.29 is 9.72 Å². The number of benzene rings is 1. The average molecular weight is 249 g/mol. The third-order valence-electron chi connectivity index (χ3n) is 3.19. The molecule has 1 aliphatic heterocycles. The number of hydrogen-bond acceptors (Lipinski definition) is 4. The van der Waals surface area contributed by atoms with Gasteiger partial charge in [0.05, 0.1) is 4.92 Å². The van der Waals surface area contributed by atoms with Gasteiger partial charge in [-0.2, -0.15) is 0 Å². The standard InChI is InChI=1S/C12H15N3O3/c1-8-3-4-9(15(17)18)7-11(8)13-10-5-6-14(2)12(10)16/h3-4,7,10,13H,5-6H2,1-2H3. The van der Waals surface area contributed by atoms with E-state index in [4.69, 9.17) is 0 Å². The van der Waals surface area contributed by atoms with E-state index in [-0.39, 0.29) is 17.6 Å². The molecule has 1 aromatic carbocycles. The molecule has 1 aromatic rings. The van der Waals surface area contributed by atoms with Crippen molar-refractivity contribution in [2.24, 2.45) is 0 Å². The molecule has 6 nitrogen and oxygen atoms in total. The zero-order valence-corrected chi connectivity index (χ0v) is 10.3. The average Bonchev–Trinajstić information content (AvgIpc) is 2.63. The number of aryl methyl sites for hydroxylation is 1. The van der Waals surface area contributed by atoms with Crippen molar-refractivity contribution >= 4 is 17.3 Å². The van der Waals surface area contributed by atoms with Crippen LogP contribution in [0.1, 0.15) is 12.0 Å². The summed E-state index contributed by atoms with van der Waals surface area (Å²) in [5.74, 6) is 0.0286. The van der Waals surface area contributed by atoms with Crippen LogP contribution in [-0.2, 0) is 4.79 Å². The van der Waals surface area contributed by atoms with Gasteiger partial charge < -0.3 is 10.2 Å². The van der Waals surface area contributed by atoms with Crippen LogP contribution >= 0.6 is 0 Å². The number of nitrogens with zero attached hydrogens (tertiary/aromatic N) is 2. The third kappa shape index (κ3) is 2.27. The van der Waals surface area contributed by atoms with Crippen molar-refractivity contribution in [2.45, 2.75) is 19.4 Å². The van der Waals surface area contributed by atoms with Gasteiger partial charge in [-0.3, -0.25) is 14.9 Å². The molecule has 0 bridgehead atoms. The van der Waals surface area contributed by atoms with E-state index in [0.717, 1.165) is 12.0 Å². The summed E-state index contributed by atoms with van der Waals surface area (Å²) >= 11 is 0. The predicted molar refractivity (Wildman–Crippen MR) is 67.5 cm³/mol. The lowest BCUT2D eigenvalue weighted by Crippen LogP contribution is -2.31. The molecule has 0 aromatic heterocycles. The first-order valence-corrected chi connectivity index (χ1v) is 5.75. The fourth-order valence-electron chi connectivity index (χ4n) is 2.02. The predicted octanol–water partition coefficient (Wildman–Crippen LogP) is 1.55. The second-order valence-corrected chi connectivity index (χ2v) is 4.50. The van der Waals surface area contributed by atoms with Crippen LogP contribution in [0, 0.1) is 17.0 Å². The minimum atomic E-state index is -0.437. The van der Waals surface area contributed by atoms with Gasteiger partial charge in [0, 0.05) is 31.4 Å². The minimum Gasteiger partial charge on any atom is -0.373 e. The zero-order valence-electron chi connectivity index (χ0n) is 10.3. The molecule has 1 amide bonds. The quantitative estimate of drug-likeness (QED) is 0.651. The van der Waals surface area contributed by atoms with Crippen molar-refractivity contribution in [3.8, 4) is 0 Å². The molecule has 18 heavy (non-hydrogen) atoms. The lowest BCUT2D eigenvalue weighted by molar-refractivity contribution is -0.384. The van der Waals surface area contributed by atoms with Crippen molar-refractivity contribution in [3.05, 3.63) is 33.9 Å². The topological polar surface area (TPSA) is 75.5 Å². The molecule has 2 rings (SSSR count). The van der Waals surface area contributed by atoms with E-state index >= 15 is 0 Å². The molecule has 96 valence electrons. The number of nitro groups is 1. The first-order chi connectivity index (χ1) is 8.49. The number of rotatable bonds is 3. The smallest absolute Gasteiger partial charge is 0.271 e. The van der Waals surface area contributed by atoms with E-state index in [0.29, 0.717) is 12.2 Å². The Hall–Kier alpha value is -2.11. The lowest BCUT2D eigenvalue weighted by atomic mass is 10.1. The van der Waals surface area contributed by atoms with Gasteiger partial charge in [0.25, 0.3) is 5.69 Å². The van der Waals surface area contributed by atoms with Crippen LogP contribution in [0.4, 0.5) is 11.4 Å². The van der Waals surface area contributed by atoms with Crippen molar-refractivity contribution in [1.29, 1.82) is 0 Å². The Labute approximate surface area is 105 Å². The van der Waals surface area contributed by atoms with Gasteiger partial charge in [-0.25, -0.2) is 0 Å². The molecule has 1 aliphatic rings. The summed E-state index contributed by atoms with van der Waals surface area (Å²) in [5.41, 5.74) is 1.57. The largest absolute Gasteiger partial charge is 0.373 e. The van der Waals surface area contributed by atoms with Gasteiger partial charge in [0.1, 0.15) is 6.04 Å². The maximum atomic E-state index is 11.8. The highest BCUT2D eigenvalue weighted by Gasteiger charge is 2.29. The Bertz CT molecular complexity index is 501. The van der Waals surface area contributed by atoms with Crippen LogP contribution in [0.2, 0.25) is 0 Å². The minimum absolute atomic E-state index is 0.0286. The van der Waals surface area contributed by atoms with Gasteiger partial charge in [-0.15, -0.1) is 0 Å². The molecule has 1 fully saturated rings. The molecule has 1 heterocycles. The molecule has 6 heteroatoms. The number of amides is 1. The number of nitro benzene ring substituents is 1. The van der Waals surface area contributed by atoms with Gasteiger partial charge in [0.2, 0.25) is 5.91 Å². The number of nitrogens with one attached hydrogen (secondary N) is 1. The van der Waals surface area contributed by atoms with E-state index in [1.165, 1.54) is 12.1 Å². The van der Waals surface area contributed by atoms with Crippen molar-refractivity contribution in [3.63, 3.8) is 0 Å². The molecular weight excluding hydrogens is 234 g/mol. The van der Waals surface area contributed by atoms with Crippen molar-refractivity contribution in [1.82, 2.24) is 4.90 Å². The fourth-order valence-corrected chi connectivity index (χ4v) is 2.02. The lowest BCUT2D eigenvalue weighted by Gasteiger charge is -2.15. The summed E-state index contributed by atoms with van der Waals surface area (Å²) < 4.78 is 0. The highest BCUT2D eigenvalue weighted by molar-refractivity contribution is 5.86. The maximum absolute atomic E-state index is 11.8. The highest BCUT2D eigenvalue weighted by Crippen LogP contribution is 2.24. The van der Waals surface area contributed by atoms with Crippen LogP contribution < -0.4 is 5.32 Å². The van der Waals surface area contributed by atoms with Gasteiger partial charge >= 0.3 is 0 Å². The fraction of sp³-hybridized carbons (Fsp3) is 0.417. The molecule has 0 radical (unpaired) electrons. The SMILES string of the molecule is Cc1ccc([N+](=O)[O-])cc1NC1CCN(C)C1=O. The second kappa shape index (κ2) is 4.64. The summed E-state index contributed by atoms with van der Waals surface area (Å²) in [6.07, 6.45) is 0.720. The first kappa shape index (κ1) is 12.3. The summed E-state index contributed by atoms with van der Waals surface area (Å²) in [6.45, 7) is 2.57. The summed E-state index contributed by atoms with van der Waals surface area (Å²) in [4.78, 5) is 23.7. The molecular formula is C12H15N3O3. The Balaban J connectivity index is 2.21. The van der Waals surface area contributed by atoms with Gasteiger partial charge in [0.15, 0.2) is 0 Å². The number of likely N-dealkylation sites (tertiary alicyclic amines) is 1. The molecule has 1 saturated heterocycles. The number of likely N-dealkylation sites (N-methyl/N-ethyl adjacent to an activating group) is 1. The number of hydrogen-bond donors (Lipinski definition) is 1. The van der Waals surface area contributed by atoms with Crippen LogP contribution in [0.3, 0.4) is 0 Å². The van der Waals surface area contributed by atoms with E-state index in [9.17, 15) is 14.9 Å². The maximum Gasteiger partial charge on any atom is 0.271 e. The van der Waals surface area contributed by atoms with Gasteiger partial charge in [-0.05, 0) is 18.9 Å². The third-order valence-corrected chi connectivity index (χ3v) is 3.19. The monoisotopic (exact) mass is 249 g/mol. The van der Waals surface area contributed by atoms with E-state index in [1.807, 2.05) is 6.92 Å². The summed E-state index contributed by atoms with van der Waals surface area (Å²) in [5, 5.41) is 13.8. The summed E-state index contributed by atoms with van der Waals surface area (Å²) in [7, 11) is 1.75. The molecule has 1 unspecified atom stereocenters. The van der Waals surface area contributed by atoms with Crippen LogP contribution in [0.25, 0.3) is 0 Å². The van der Waals surface area contributed by atoms with Crippen LogP contribution in [0.15, 0.2) is 18.2 Å². The van der Waals surface area contributed by atoms with E-state index in [1.54, 1.807) is 18.0 Å². The van der Waals surface area contributed by atoms with Crippen LogP contribution in [-0.4, -0.2) is 35.4 Å². The Morgan fingerprint density at radius 3 is 2.78 bits per heavy atom. The van der Waals surface area contributed by atoms with Gasteiger partial charge in [-0.1, -0.05) is 6.07 Å². The molecule has 1 atom stereocenters. The molecule has 0 spiro atoms. The number of carbonyl (C=O) groups is 1. The number of carbonyl (C=O) groups excluding carboxylic acids is 1. The Morgan fingerprint density at radius 1 is 1.50 bits per heavy atom. The Kier molecular flexibility index (Phi) is 3.18. The summed E-state index contributed by atoms with van der Waals surface area (Å²) in [6, 6.07) is 4.34. The molecule has 1 N–H and O–H groups in total. The second-order valence-electron chi connectivity index (χ2n) is 4.50. The number of non-ortho nitro benzene ring substituents is 1. The zero-order chi connectivity index (χ0) is 13.3. The normalized spacial score (nSPS) is 19.1. The van der Waals surface area contributed by atoms with E-state index in [2.05, 4.69) is 5.32 Å².